The Balaban J connectivity index is 2.52. The van der Waals surface area contributed by atoms with Gasteiger partial charge in [-0.1, -0.05) is 6.92 Å². The van der Waals surface area contributed by atoms with Crippen molar-refractivity contribution in [3.05, 3.63) is 0 Å². The SMILES string of the molecule is CCCNS(=O)(=O)N1CCCC(CCN)C1. The lowest BCUT2D eigenvalue weighted by Crippen LogP contribution is -2.46. The van der Waals surface area contributed by atoms with Crippen molar-refractivity contribution in [2.24, 2.45) is 11.7 Å². The third-order valence-corrected chi connectivity index (χ3v) is 4.51. The molecule has 3 N–H and O–H groups in total. The van der Waals surface area contributed by atoms with Gasteiger partial charge in [-0.25, -0.2) is 4.72 Å². The summed E-state index contributed by atoms with van der Waals surface area (Å²) in [6.45, 7) is 4.37. The normalized spacial score (nSPS) is 23.5. The van der Waals surface area contributed by atoms with E-state index in [1.807, 2.05) is 6.92 Å². The van der Waals surface area contributed by atoms with Crippen molar-refractivity contribution >= 4 is 10.2 Å². The Morgan fingerprint density at radius 1 is 1.50 bits per heavy atom. The van der Waals surface area contributed by atoms with Crippen LogP contribution in [0.5, 0.6) is 0 Å². The summed E-state index contributed by atoms with van der Waals surface area (Å²) in [5.41, 5.74) is 5.51. The van der Waals surface area contributed by atoms with E-state index in [9.17, 15) is 8.42 Å². The fourth-order valence-electron chi connectivity index (χ4n) is 2.04. The van der Waals surface area contributed by atoms with E-state index in [4.69, 9.17) is 5.73 Å². The molecule has 0 radical (unpaired) electrons. The Labute approximate surface area is 98.6 Å². The minimum Gasteiger partial charge on any atom is -0.330 e. The number of rotatable bonds is 6. The van der Waals surface area contributed by atoms with Gasteiger partial charge in [0.05, 0.1) is 0 Å². The number of nitrogens with two attached hydrogens (primary N) is 1. The zero-order valence-corrected chi connectivity index (χ0v) is 10.8. The molecule has 16 heavy (non-hydrogen) atoms. The highest BCUT2D eigenvalue weighted by Crippen LogP contribution is 2.20. The third kappa shape index (κ3) is 4.01. The quantitative estimate of drug-likeness (QED) is 0.710. The molecule has 1 aliphatic rings. The molecule has 1 saturated heterocycles. The monoisotopic (exact) mass is 249 g/mol. The lowest BCUT2D eigenvalue weighted by Gasteiger charge is -2.31. The first-order valence-electron chi connectivity index (χ1n) is 6.05. The van der Waals surface area contributed by atoms with Crippen LogP contribution >= 0.6 is 0 Å². The molecule has 1 atom stereocenters. The van der Waals surface area contributed by atoms with Crippen molar-refractivity contribution in [1.29, 1.82) is 0 Å². The predicted octanol–water partition coefficient (Wildman–Crippen LogP) is 0.292. The van der Waals surface area contributed by atoms with Crippen LogP contribution in [0.15, 0.2) is 0 Å². The molecule has 1 rings (SSSR count). The molecule has 0 amide bonds. The first-order chi connectivity index (χ1) is 7.60. The first-order valence-corrected chi connectivity index (χ1v) is 7.49. The van der Waals surface area contributed by atoms with Crippen molar-refractivity contribution in [2.45, 2.75) is 32.6 Å². The second-order valence-corrected chi connectivity index (χ2v) is 6.10. The summed E-state index contributed by atoms with van der Waals surface area (Å²) in [5, 5.41) is 0. The number of nitrogens with zero attached hydrogens (tertiary/aromatic N) is 1. The lowest BCUT2D eigenvalue weighted by molar-refractivity contribution is 0.256. The van der Waals surface area contributed by atoms with Gasteiger partial charge in [0, 0.05) is 19.6 Å². The van der Waals surface area contributed by atoms with Gasteiger partial charge in [-0.15, -0.1) is 0 Å². The van der Waals surface area contributed by atoms with Gasteiger partial charge in [0.1, 0.15) is 0 Å². The van der Waals surface area contributed by atoms with Crippen LogP contribution in [-0.4, -0.2) is 38.9 Å². The van der Waals surface area contributed by atoms with Gasteiger partial charge >= 0.3 is 0 Å². The van der Waals surface area contributed by atoms with Gasteiger partial charge in [0.15, 0.2) is 0 Å². The molecule has 0 bridgehead atoms. The largest absolute Gasteiger partial charge is 0.330 e. The van der Waals surface area contributed by atoms with E-state index in [-0.39, 0.29) is 0 Å². The molecule has 0 aromatic heterocycles. The fourth-order valence-corrected chi connectivity index (χ4v) is 3.46. The molecule has 1 unspecified atom stereocenters. The second-order valence-electron chi connectivity index (χ2n) is 4.34. The van der Waals surface area contributed by atoms with E-state index < -0.39 is 10.2 Å². The summed E-state index contributed by atoms with van der Waals surface area (Å²) in [5.74, 6) is 0.428. The number of nitrogens with one attached hydrogen (secondary N) is 1. The maximum atomic E-state index is 11.9. The van der Waals surface area contributed by atoms with Crippen LogP contribution in [0.3, 0.4) is 0 Å². The molecule has 0 aromatic carbocycles. The molecule has 1 aliphatic heterocycles. The second kappa shape index (κ2) is 6.54. The average molecular weight is 249 g/mol. The molecule has 0 aromatic rings. The topological polar surface area (TPSA) is 75.4 Å². The molecule has 5 nitrogen and oxygen atoms in total. The lowest BCUT2D eigenvalue weighted by atomic mass is 9.96. The summed E-state index contributed by atoms with van der Waals surface area (Å²) in [6, 6.07) is 0. The van der Waals surface area contributed by atoms with E-state index in [1.54, 1.807) is 4.31 Å². The van der Waals surface area contributed by atoms with E-state index in [2.05, 4.69) is 4.72 Å². The standard InChI is InChI=1S/C10H23N3O2S/c1-2-7-12-16(14,15)13-8-3-4-10(9-13)5-6-11/h10,12H,2-9,11H2,1H3. The van der Waals surface area contributed by atoms with Crippen LogP contribution in [0.2, 0.25) is 0 Å². The Bertz CT molecular complexity index is 290. The maximum Gasteiger partial charge on any atom is 0.279 e. The van der Waals surface area contributed by atoms with Gasteiger partial charge in [-0.05, 0) is 38.1 Å². The highest BCUT2D eigenvalue weighted by molar-refractivity contribution is 7.87. The molecule has 1 heterocycles. The Kier molecular flexibility index (Phi) is 5.68. The third-order valence-electron chi connectivity index (χ3n) is 2.93. The summed E-state index contributed by atoms with van der Waals surface area (Å²) < 4.78 is 27.9. The number of piperidine rings is 1. The van der Waals surface area contributed by atoms with Crippen LogP contribution < -0.4 is 10.5 Å². The molecule has 96 valence electrons. The summed E-state index contributed by atoms with van der Waals surface area (Å²) >= 11 is 0. The minimum absolute atomic E-state index is 0.428. The van der Waals surface area contributed by atoms with Crippen molar-refractivity contribution < 1.29 is 8.42 Å². The predicted molar refractivity (Wildman–Crippen MR) is 65.2 cm³/mol. The van der Waals surface area contributed by atoms with Gasteiger partial charge in [-0.2, -0.15) is 12.7 Å². The van der Waals surface area contributed by atoms with Crippen molar-refractivity contribution in [3.8, 4) is 0 Å². The van der Waals surface area contributed by atoms with E-state index in [0.717, 1.165) is 25.7 Å². The zero-order valence-electron chi connectivity index (χ0n) is 9.98. The van der Waals surface area contributed by atoms with E-state index in [0.29, 0.717) is 32.1 Å². The van der Waals surface area contributed by atoms with Gasteiger partial charge in [0.25, 0.3) is 10.2 Å². The van der Waals surface area contributed by atoms with Gasteiger partial charge < -0.3 is 5.73 Å². The number of hydrogen-bond acceptors (Lipinski definition) is 3. The van der Waals surface area contributed by atoms with Crippen LogP contribution in [0.4, 0.5) is 0 Å². The molecule has 0 saturated carbocycles. The van der Waals surface area contributed by atoms with Gasteiger partial charge in [0.2, 0.25) is 0 Å². The first kappa shape index (κ1) is 13.9. The van der Waals surface area contributed by atoms with Crippen molar-refractivity contribution in [3.63, 3.8) is 0 Å². The summed E-state index contributed by atoms with van der Waals surface area (Å²) in [6.07, 6.45) is 3.77. The van der Waals surface area contributed by atoms with E-state index in [1.165, 1.54) is 0 Å². The van der Waals surface area contributed by atoms with Gasteiger partial charge in [-0.3, -0.25) is 0 Å². The molecule has 1 fully saturated rings. The molecular formula is C10H23N3O2S. The highest BCUT2D eigenvalue weighted by atomic mass is 32.2. The van der Waals surface area contributed by atoms with Crippen LogP contribution in [-0.2, 0) is 10.2 Å². The van der Waals surface area contributed by atoms with Crippen molar-refractivity contribution in [2.75, 3.05) is 26.2 Å². The number of hydrogen-bond donors (Lipinski definition) is 2. The minimum atomic E-state index is -3.25. The van der Waals surface area contributed by atoms with E-state index >= 15 is 0 Å². The molecule has 0 spiro atoms. The van der Waals surface area contributed by atoms with Crippen LogP contribution in [0.1, 0.15) is 32.6 Å². The Morgan fingerprint density at radius 2 is 2.25 bits per heavy atom. The highest BCUT2D eigenvalue weighted by Gasteiger charge is 2.27. The van der Waals surface area contributed by atoms with Crippen LogP contribution in [0.25, 0.3) is 0 Å². The van der Waals surface area contributed by atoms with Crippen LogP contribution in [0, 0.1) is 5.92 Å². The Hall–Kier alpha value is -0.170. The summed E-state index contributed by atoms with van der Waals surface area (Å²) in [7, 11) is -3.25. The summed E-state index contributed by atoms with van der Waals surface area (Å²) in [4.78, 5) is 0. The molecular weight excluding hydrogens is 226 g/mol. The average Bonchev–Trinajstić information content (AvgIpc) is 2.27. The molecule has 6 heteroatoms. The molecule has 0 aliphatic carbocycles. The zero-order chi connectivity index (χ0) is 12.0. The van der Waals surface area contributed by atoms with Crippen molar-refractivity contribution in [1.82, 2.24) is 9.03 Å². The fraction of sp³-hybridized carbons (Fsp3) is 1.00. The Morgan fingerprint density at radius 3 is 2.88 bits per heavy atom. The maximum absolute atomic E-state index is 11.9. The smallest absolute Gasteiger partial charge is 0.279 e.